The highest BCUT2D eigenvalue weighted by atomic mass is 28.3. The lowest BCUT2D eigenvalue weighted by Gasteiger charge is -2.18. The molecule has 0 saturated heterocycles. The molecule has 0 spiro atoms. The van der Waals surface area contributed by atoms with Crippen LogP contribution in [-0.4, -0.2) is 14.0 Å². The van der Waals surface area contributed by atoms with E-state index in [9.17, 15) is 4.79 Å². The molecule has 0 radical (unpaired) electrons. The molecule has 0 aromatic heterocycles. The molecule has 1 rings (SSSR count). The van der Waals surface area contributed by atoms with Crippen molar-refractivity contribution in [2.45, 2.75) is 20.0 Å². The zero-order valence-corrected chi connectivity index (χ0v) is 10.5. The topological polar surface area (TPSA) is 29.1 Å². The Morgan fingerprint density at radius 2 is 2.13 bits per heavy atom. The van der Waals surface area contributed by atoms with Crippen LogP contribution in [0.1, 0.15) is 6.92 Å². The van der Waals surface area contributed by atoms with Crippen LogP contribution in [0.25, 0.3) is 0 Å². The van der Waals surface area contributed by atoms with Gasteiger partial charge in [0, 0.05) is 12.6 Å². The molecule has 0 bridgehead atoms. The van der Waals surface area contributed by atoms with Crippen molar-refractivity contribution in [3.05, 3.63) is 36.5 Å². The molecule has 80 valence electrons. The van der Waals surface area contributed by atoms with E-state index >= 15 is 0 Å². The number of benzene rings is 1. The Labute approximate surface area is 92.0 Å². The minimum Gasteiger partial charge on any atom is -0.326 e. The lowest BCUT2D eigenvalue weighted by molar-refractivity contribution is -0.114. The minimum atomic E-state index is -1.52. The molecule has 0 saturated carbocycles. The number of carbonyl (C=O) groups is 1. The fourth-order valence-electron chi connectivity index (χ4n) is 1.32. The van der Waals surface area contributed by atoms with Crippen molar-refractivity contribution < 1.29 is 4.79 Å². The first-order valence-corrected chi connectivity index (χ1v) is 8.05. The SMILES string of the molecule is C=C[Si](C)(C)c1cccc(NC(C)=O)c1. The van der Waals surface area contributed by atoms with E-state index in [-0.39, 0.29) is 5.91 Å². The monoisotopic (exact) mass is 219 g/mol. The first kappa shape index (κ1) is 11.7. The third-order valence-electron chi connectivity index (χ3n) is 2.44. The number of hydrogen-bond acceptors (Lipinski definition) is 1. The third-order valence-corrected chi connectivity index (χ3v) is 5.26. The normalized spacial score (nSPS) is 10.9. The highest BCUT2D eigenvalue weighted by Crippen LogP contribution is 2.09. The average Bonchev–Trinajstić information content (AvgIpc) is 2.17. The summed E-state index contributed by atoms with van der Waals surface area (Å²) in [6.45, 7) is 9.85. The van der Waals surface area contributed by atoms with E-state index in [1.807, 2.05) is 23.9 Å². The van der Waals surface area contributed by atoms with Crippen LogP contribution in [0, 0.1) is 0 Å². The zero-order valence-electron chi connectivity index (χ0n) is 9.50. The Balaban J connectivity index is 3.02. The van der Waals surface area contributed by atoms with Crippen LogP contribution in [0.15, 0.2) is 36.5 Å². The fourth-order valence-corrected chi connectivity index (χ4v) is 2.61. The van der Waals surface area contributed by atoms with Gasteiger partial charge in [0.05, 0.1) is 0 Å². The summed E-state index contributed by atoms with van der Waals surface area (Å²) in [5.41, 5.74) is 2.90. The second kappa shape index (κ2) is 4.44. The minimum absolute atomic E-state index is 0.0368. The molecule has 3 heteroatoms. The van der Waals surface area contributed by atoms with Crippen molar-refractivity contribution >= 4 is 24.9 Å². The molecule has 15 heavy (non-hydrogen) atoms. The molecule has 0 heterocycles. The molecule has 0 aliphatic rings. The molecule has 1 N–H and O–H groups in total. The van der Waals surface area contributed by atoms with Gasteiger partial charge in [0.25, 0.3) is 0 Å². The molecular weight excluding hydrogens is 202 g/mol. The second-order valence-corrected chi connectivity index (χ2v) is 8.62. The Morgan fingerprint density at radius 1 is 1.47 bits per heavy atom. The average molecular weight is 219 g/mol. The van der Waals surface area contributed by atoms with Gasteiger partial charge in [0.1, 0.15) is 8.07 Å². The van der Waals surface area contributed by atoms with E-state index in [0.717, 1.165) is 5.69 Å². The summed E-state index contributed by atoms with van der Waals surface area (Å²) in [7, 11) is -1.52. The van der Waals surface area contributed by atoms with E-state index in [0.29, 0.717) is 0 Å². The summed E-state index contributed by atoms with van der Waals surface area (Å²) in [6.07, 6.45) is 0. The Kier molecular flexibility index (Phi) is 3.47. The van der Waals surface area contributed by atoms with Gasteiger partial charge in [-0.1, -0.05) is 36.1 Å². The lowest BCUT2D eigenvalue weighted by atomic mass is 10.3. The number of rotatable bonds is 3. The molecule has 0 atom stereocenters. The van der Waals surface area contributed by atoms with Crippen molar-refractivity contribution in [1.82, 2.24) is 0 Å². The first-order valence-electron chi connectivity index (χ1n) is 4.97. The van der Waals surface area contributed by atoms with E-state index < -0.39 is 8.07 Å². The maximum Gasteiger partial charge on any atom is 0.221 e. The third kappa shape index (κ3) is 3.06. The maximum absolute atomic E-state index is 10.9. The van der Waals surface area contributed by atoms with Crippen molar-refractivity contribution in [2.75, 3.05) is 5.32 Å². The van der Waals surface area contributed by atoms with Crippen molar-refractivity contribution in [1.29, 1.82) is 0 Å². The molecule has 1 aromatic carbocycles. The lowest BCUT2D eigenvalue weighted by Crippen LogP contribution is -2.39. The summed E-state index contributed by atoms with van der Waals surface area (Å²) in [5, 5.41) is 4.07. The van der Waals surface area contributed by atoms with E-state index in [1.54, 1.807) is 0 Å². The maximum atomic E-state index is 10.9. The van der Waals surface area contributed by atoms with Gasteiger partial charge in [0.2, 0.25) is 5.91 Å². The predicted molar refractivity (Wildman–Crippen MR) is 68.1 cm³/mol. The smallest absolute Gasteiger partial charge is 0.221 e. The number of nitrogens with one attached hydrogen (secondary N) is 1. The van der Waals surface area contributed by atoms with Gasteiger partial charge in [-0.15, -0.1) is 6.58 Å². The van der Waals surface area contributed by atoms with Gasteiger partial charge in [0.15, 0.2) is 0 Å². The first-order chi connectivity index (χ1) is 6.95. The van der Waals surface area contributed by atoms with Crippen LogP contribution in [0.5, 0.6) is 0 Å². The summed E-state index contributed by atoms with van der Waals surface area (Å²) >= 11 is 0. The number of amides is 1. The molecule has 0 unspecified atom stereocenters. The van der Waals surface area contributed by atoms with Crippen LogP contribution in [-0.2, 0) is 4.79 Å². The zero-order chi connectivity index (χ0) is 11.5. The molecular formula is C12H17NOSi. The van der Waals surface area contributed by atoms with Gasteiger partial charge in [-0.3, -0.25) is 4.79 Å². The molecule has 0 fully saturated rings. The van der Waals surface area contributed by atoms with Crippen molar-refractivity contribution in [3.8, 4) is 0 Å². The number of carbonyl (C=O) groups excluding carboxylic acids is 1. The van der Waals surface area contributed by atoms with Gasteiger partial charge in [-0.2, -0.15) is 0 Å². The van der Waals surface area contributed by atoms with Gasteiger partial charge in [-0.05, 0) is 12.1 Å². The summed E-state index contributed by atoms with van der Waals surface area (Å²) in [5.74, 6) is -0.0368. The molecule has 0 aliphatic heterocycles. The Morgan fingerprint density at radius 3 is 2.67 bits per heavy atom. The van der Waals surface area contributed by atoms with Crippen LogP contribution < -0.4 is 10.5 Å². The van der Waals surface area contributed by atoms with Crippen molar-refractivity contribution in [3.63, 3.8) is 0 Å². The number of hydrogen-bond donors (Lipinski definition) is 1. The second-order valence-electron chi connectivity index (χ2n) is 4.19. The molecule has 1 aromatic rings. The predicted octanol–water partition coefficient (Wildman–Crippen LogP) is 2.29. The van der Waals surface area contributed by atoms with Gasteiger partial charge in [-0.25, -0.2) is 0 Å². The van der Waals surface area contributed by atoms with Crippen LogP contribution in [0.3, 0.4) is 0 Å². The standard InChI is InChI=1S/C12H17NOSi/c1-5-15(3,4)12-8-6-7-11(9-12)13-10(2)14/h5-9H,1H2,2-4H3,(H,13,14). The summed E-state index contributed by atoms with van der Waals surface area (Å²) < 4.78 is 0. The molecule has 1 amide bonds. The van der Waals surface area contributed by atoms with Crippen LogP contribution in [0.4, 0.5) is 5.69 Å². The van der Waals surface area contributed by atoms with E-state index in [1.165, 1.54) is 12.1 Å². The van der Waals surface area contributed by atoms with E-state index in [2.05, 4.69) is 31.1 Å². The summed E-state index contributed by atoms with van der Waals surface area (Å²) in [6, 6.07) is 8.01. The van der Waals surface area contributed by atoms with Gasteiger partial charge >= 0.3 is 0 Å². The quantitative estimate of drug-likeness (QED) is 0.776. The van der Waals surface area contributed by atoms with Gasteiger partial charge < -0.3 is 5.32 Å². The van der Waals surface area contributed by atoms with Crippen molar-refractivity contribution in [2.24, 2.45) is 0 Å². The number of anilines is 1. The molecule has 0 aliphatic carbocycles. The van der Waals surface area contributed by atoms with Crippen LogP contribution in [0.2, 0.25) is 13.1 Å². The molecule has 2 nitrogen and oxygen atoms in total. The summed E-state index contributed by atoms with van der Waals surface area (Å²) in [4.78, 5) is 10.9. The highest BCUT2D eigenvalue weighted by Gasteiger charge is 2.18. The Bertz CT molecular complexity index is 385. The van der Waals surface area contributed by atoms with Crippen LogP contribution >= 0.6 is 0 Å². The Hall–Kier alpha value is -1.35. The van der Waals surface area contributed by atoms with E-state index in [4.69, 9.17) is 0 Å². The largest absolute Gasteiger partial charge is 0.326 e. The fraction of sp³-hybridized carbons (Fsp3) is 0.250. The highest BCUT2D eigenvalue weighted by molar-refractivity contribution is 6.93.